The number of hydrogen-bond acceptors (Lipinski definition) is 4. The topological polar surface area (TPSA) is 53.6 Å². The molecule has 5 heteroatoms. The largest absolute Gasteiger partial charge is 0.366 e. The van der Waals surface area contributed by atoms with Crippen LogP contribution in [0.15, 0.2) is 18.6 Å². The minimum absolute atomic E-state index is 0.459. The molecule has 2 aliphatic rings. The zero-order valence-electron chi connectivity index (χ0n) is 12.4. The Morgan fingerprint density at radius 1 is 1.23 bits per heavy atom. The molecule has 1 atom stereocenters. The van der Waals surface area contributed by atoms with E-state index in [1.165, 1.54) is 52.8 Å². The molecule has 3 heterocycles. The van der Waals surface area contributed by atoms with E-state index in [-0.39, 0.29) is 0 Å². The van der Waals surface area contributed by atoms with Crippen LogP contribution in [0.2, 0.25) is 0 Å². The third-order valence-corrected chi connectivity index (χ3v) is 6.18. The summed E-state index contributed by atoms with van der Waals surface area (Å²) in [4.78, 5) is 15.1. The average Bonchev–Trinajstić information content (AvgIpc) is 3.21. The molecule has 112 valence electrons. The number of nitrogens with zero attached hydrogens (tertiary/aromatic N) is 2. The second-order valence-electron chi connectivity index (χ2n) is 6.33. The number of anilines is 1. The van der Waals surface area contributed by atoms with E-state index < -0.39 is 0 Å². The van der Waals surface area contributed by atoms with Crippen molar-refractivity contribution in [1.82, 2.24) is 15.0 Å². The number of rotatable bonds is 2. The van der Waals surface area contributed by atoms with E-state index in [1.54, 1.807) is 6.33 Å². The van der Waals surface area contributed by atoms with Crippen LogP contribution in [0, 0.1) is 0 Å². The van der Waals surface area contributed by atoms with Gasteiger partial charge in [-0.05, 0) is 49.3 Å². The van der Waals surface area contributed by atoms with Gasteiger partial charge in [0.2, 0.25) is 0 Å². The predicted molar refractivity (Wildman–Crippen MR) is 89.7 cm³/mol. The molecule has 0 fully saturated rings. The van der Waals surface area contributed by atoms with Crippen molar-refractivity contribution in [3.8, 4) is 0 Å². The smallest absolute Gasteiger partial charge is 0.138 e. The normalized spacial score (nSPS) is 20.1. The van der Waals surface area contributed by atoms with Crippen molar-refractivity contribution in [3.05, 3.63) is 40.3 Å². The molecule has 0 saturated heterocycles. The van der Waals surface area contributed by atoms with Crippen molar-refractivity contribution >= 4 is 27.4 Å². The van der Waals surface area contributed by atoms with E-state index in [4.69, 9.17) is 0 Å². The van der Waals surface area contributed by atoms with E-state index in [1.807, 2.05) is 11.3 Å². The maximum Gasteiger partial charge on any atom is 0.138 e. The van der Waals surface area contributed by atoms with Gasteiger partial charge in [0.15, 0.2) is 0 Å². The van der Waals surface area contributed by atoms with Gasteiger partial charge in [-0.2, -0.15) is 0 Å². The fourth-order valence-corrected chi connectivity index (χ4v) is 5.12. The van der Waals surface area contributed by atoms with Gasteiger partial charge in [-0.25, -0.2) is 9.97 Å². The molecule has 2 N–H and O–H groups in total. The maximum absolute atomic E-state index is 4.57. The van der Waals surface area contributed by atoms with Gasteiger partial charge in [0.05, 0.1) is 5.39 Å². The first kappa shape index (κ1) is 12.6. The third kappa shape index (κ3) is 1.88. The second-order valence-corrected chi connectivity index (χ2v) is 7.41. The summed E-state index contributed by atoms with van der Waals surface area (Å²) < 4.78 is 0. The van der Waals surface area contributed by atoms with E-state index in [9.17, 15) is 0 Å². The minimum atomic E-state index is 0.459. The number of thiophene rings is 1. The summed E-state index contributed by atoms with van der Waals surface area (Å²) >= 11 is 1.86. The standard InChI is InChI=1S/C17H18N4S/c1-2-12-14(3-1)22-17-15(12)16(19-9-20-17)21-11-5-4-10-6-7-18-13(10)8-11/h6-7,9,11,18H,1-5,8H2,(H,19,20,21). The molecule has 0 radical (unpaired) electrons. The van der Waals surface area contributed by atoms with Gasteiger partial charge < -0.3 is 10.3 Å². The first-order valence-electron chi connectivity index (χ1n) is 8.05. The Labute approximate surface area is 133 Å². The fraction of sp³-hybridized carbons (Fsp3) is 0.412. The minimum Gasteiger partial charge on any atom is -0.366 e. The summed E-state index contributed by atoms with van der Waals surface area (Å²) in [5, 5.41) is 5.00. The summed E-state index contributed by atoms with van der Waals surface area (Å²) in [6.07, 6.45) is 10.8. The monoisotopic (exact) mass is 310 g/mol. The third-order valence-electron chi connectivity index (χ3n) is 4.98. The number of aryl methyl sites for hydroxylation is 3. The van der Waals surface area contributed by atoms with Gasteiger partial charge >= 0.3 is 0 Å². The molecule has 0 aliphatic heterocycles. The highest BCUT2D eigenvalue weighted by atomic mass is 32.1. The zero-order chi connectivity index (χ0) is 14.5. The Morgan fingerprint density at radius 3 is 3.23 bits per heavy atom. The highest BCUT2D eigenvalue weighted by molar-refractivity contribution is 7.19. The predicted octanol–water partition coefficient (Wildman–Crippen LogP) is 3.48. The van der Waals surface area contributed by atoms with Crippen LogP contribution in [-0.2, 0) is 25.7 Å². The fourth-order valence-electron chi connectivity index (χ4n) is 3.89. The Morgan fingerprint density at radius 2 is 2.23 bits per heavy atom. The van der Waals surface area contributed by atoms with Gasteiger partial charge in [0, 0.05) is 29.2 Å². The average molecular weight is 310 g/mol. The van der Waals surface area contributed by atoms with Crippen molar-refractivity contribution in [1.29, 1.82) is 0 Å². The van der Waals surface area contributed by atoms with Crippen LogP contribution in [0.1, 0.15) is 34.5 Å². The molecule has 3 aromatic heterocycles. The van der Waals surface area contributed by atoms with Crippen molar-refractivity contribution < 1.29 is 0 Å². The van der Waals surface area contributed by atoms with Crippen molar-refractivity contribution in [2.24, 2.45) is 0 Å². The van der Waals surface area contributed by atoms with Crippen molar-refractivity contribution in [2.75, 3.05) is 5.32 Å². The Hall–Kier alpha value is -1.88. The lowest BCUT2D eigenvalue weighted by Crippen LogP contribution is -2.27. The molecule has 0 bridgehead atoms. The van der Waals surface area contributed by atoms with Crippen molar-refractivity contribution in [2.45, 2.75) is 44.6 Å². The lowest BCUT2D eigenvalue weighted by molar-refractivity contribution is 0.603. The van der Waals surface area contributed by atoms with Crippen LogP contribution in [0.25, 0.3) is 10.2 Å². The number of hydrogen-bond donors (Lipinski definition) is 2. The van der Waals surface area contributed by atoms with Crippen molar-refractivity contribution in [3.63, 3.8) is 0 Å². The van der Waals surface area contributed by atoms with Gasteiger partial charge in [-0.15, -0.1) is 11.3 Å². The molecular formula is C17H18N4S. The van der Waals surface area contributed by atoms with E-state index in [0.717, 1.165) is 23.5 Å². The van der Waals surface area contributed by atoms with Crippen LogP contribution < -0.4 is 5.32 Å². The molecule has 22 heavy (non-hydrogen) atoms. The summed E-state index contributed by atoms with van der Waals surface area (Å²) in [7, 11) is 0. The summed E-state index contributed by atoms with van der Waals surface area (Å²) in [5.74, 6) is 1.05. The number of aromatic amines is 1. The number of H-pyrrole nitrogens is 1. The highest BCUT2D eigenvalue weighted by Gasteiger charge is 2.24. The molecule has 0 saturated carbocycles. The Bertz CT molecular complexity index is 848. The van der Waals surface area contributed by atoms with Gasteiger partial charge in [0.25, 0.3) is 0 Å². The molecule has 5 rings (SSSR count). The molecular weight excluding hydrogens is 292 g/mol. The highest BCUT2D eigenvalue weighted by Crippen LogP contribution is 2.39. The molecule has 1 unspecified atom stereocenters. The molecule has 4 nitrogen and oxygen atoms in total. The zero-order valence-corrected chi connectivity index (χ0v) is 13.2. The molecule has 0 aromatic carbocycles. The van der Waals surface area contributed by atoms with Crippen LogP contribution in [0.3, 0.4) is 0 Å². The first-order valence-corrected chi connectivity index (χ1v) is 8.87. The van der Waals surface area contributed by atoms with Crippen LogP contribution in [-0.4, -0.2) is 21.0 Å². The second kappa shape index (κ2) is 4.81. The van der Waals surface area contributed by atoms with E-state index >= 15 is 0 Å². The number of aromatic nitrogens is 3. The van der Waals surface area contributed by atoms with Crippen LogP contribution >= 0.6 is 11.3 Å². The Balaban J connectivity index is 1.50. The quantitative estimate of drug-likeness (QED) is 0.762. The Kier molecular flexibility index (Phi) is 2.77. The van der Waals surface area contributed by atoms with E-state index in [2.05, 4.69) is 32.5 Å². The molecule has 3 aromatic rings. The summed E-state index contributed by atoms with van der Waals surface area (Å²) in [5.41, 5.74) is 4.35. The summed E-state index contributed by atoms with van der Waals surface area (Å²) in [6, 6.07) is 2.67. The molecule has 0 amide bonds. The van der Waals surface area contributed by atoms with Crippen LogP contribution in [0.4, 0.5) is 5.82 Å². The van der Waals surface area contributed by atoms with Gasteiger partial charge in [-0.1, -0.05) is 0 Å². The van der Waals surface area contributed by atoms with Gasteiger partial charge in [-0.3, -0.25) is 0 Å². The van der Waals surface area contributed by atoms with Gasteiger partial charge in [0.1, 0.15) is 17.0 Å². The SMILES string of the molecule is c1nc(NC2CCc3cc[nH]c3C2)c2c3c(sc2n1)CCC3. The molecule has 2 aliphatic carbocycles. The maximum atomic E-state index is 4.57. The number of nitrogens with one attached hydrogen (secondary N) is 2. The lowest BCUT2D eigenvalue weighted by Gasteiger charge is -2.24. The van der Waals surface area contributed by atoms with E-state index in [0.29, 0.717) is 6.04 Å². The van der Waals surface area contributed by atoms with Crippen LogP contribution in [0.5, 0.6) is 0 Å². The first-order chi connectivity index (χ1) is 10.9. The number of fused-ring (bicyclic) bond motifs is 4. The summed E-state index contributed by atoms with van der Waals surface area (Å²) in [6.45, 7) is 0. The molecule has 0 spiro atoms. The lowest BCUT2D eigenvalue weighted by atomic mass is 9.93.